The lowest BCUT2D eigenvalue weighted by Crippen LogP contribution is -2.27. The van der Waals surface area contributed by atoms with Crippen molar-refractivity contribution in [3.63, 3.8) is 0 Å². The van der Waals surface area contributed by atoms with E-state index in [2.05, 4.69) is 115 Å². The van der Waals surface area contributed by atoms with Gasteiger partial charge in [-0.1, -0.05) is 115 Å². The summed E-state index contributed by atoms with van der Waals surface area (Å²) in [6.07, 6.45) is 11.9. The van der Waals surface area contributed by atoms with Gasteiger partial charge in [-0.2, -0.15) is 0 Å². The number of hydrogen-bond donors (Lipinski definition) is 0. The smallest absolute Gasteiger partial charge is 0.0847 e. The molecule has 2 aliphatic carbocycles. The van der Waals surface area contributed by atoms with Crippen LogP contribution in [-0.4, -0.2) is 8.80 Å². The molecule has 2 unspecified atom stereocenters. The zero-order valence-corrected chi connectivity index (χ0v) is 16.4. The van der Waals surface area contributed by atoms with E-state index >= 15 is 0 Å². The van der Waals surface area contributed by atoms with Gasteiger partial charge < -0.3 is 0 Å². The van der Waals surface area contributed by atoms with Crippen LogP contribution in [0.3, 0.4) is 0 Å². The summed E-state index contributed by atoms with van der Waals surface area (Å²) in [5.74, 6) is 0. The molecule has 0 spiro atoms. The fraction of sp³-hybridized carbons (Fsp3) is 0.0769. The Morgan fingerprint density at radius 3 is 1.70 bits per heavy atom. The zero-order valence-electron chi connectivity index (χ0n) is 15.2. The first-order chi connectivity index (χ1) is 13.4. The Balaban J connectivity index is 1.56. The van der Waals surface area contributed by atoms with Gasteiger partial charge in [0.05, 0.1) is 8.80 Å². The molecule has 130 valence electrons. The maximum Gasteiger partial charge on any atom is 0.0847 e. The molecule has 0 N–H and O–H groups in total. The first-order valence-electron chi connectivity index (χ1n) is 9.68. The Morgan fingerprint density at radius 1 is 0.593 bits per heavy atom. The van der Waals surface area contributed by atoms with Gasteiger partial charge in [-0.25, -0.2) is 0 Å². The van der Waals surface area contributed by atoms with Gasteiger partial charge in [-0.15, -0.1) is 0 Å². The van der Waals surface area contributed by atoms with Crippen molar-refractivity contribution in [3.8, 4) is 0 Å². The van der Waals surface area contributed by atoms with Crippen LogP contribution in [0.2, 0.25) is 0 Å². The molecular formula is C26H22Si. The van der Waals surface area contributed by atoms with Crippen LogP contribution >= 0.6 is 0 Å². The SMILES string of the molecule is C(=C[SiH](C1C=Cc2ccccc21)C1C=Cc2ccccc21)c1ccccc1. The topological polar surface area (TPSA) is 0 Å². The summed E-state index contributed by atoms with van der Waals surface area (Å²) in [4.78, 5) is 0. The van der Waals surface area contributed by atoms with E-state index in [1.54, 1.807) is 0 Å². The van der Waals surface area contributed by atoms with Crippen LogP contribution < -0.4 is 0 Å². The minimum atomic E-state index is -1.34. The number of benzene rings is 3. The summed E-state index contributed by atoms with van der Waals surface area (Å²) in [5, 5.41) is 0. The van der Waals surface area contributed by atoms with Gasteiger partial charge in [0.2, 0.25) is 0 Å². The summed E-state index contributed by atoms with van der Waals surface area (Å²) in [5.41, 5.74) is 10.7. The first kappa shape index (κ1) is 16.3. The van der Waals surface area contributed by atoms with E-state index in [1.165, 1.54) is 27.8 Å². The third-order valence-electron chi connectivity index (χ3n) is 5.82. The van der Waals surface area contributed by atoms with Crippen LogP contribution in [0, 0.1) is 0 Å². The molecule has 0 aliphatic heterocycles. The highest BCUT2D eigenvalue weighted by atomic mass is 28.3. The Kier molecular flexibility index (Phi) is 4.23. The summed E-state index contributed by atoms with van der Waals surface area (Å²) >= 11 is 0. The molecule has 0 fully saturated rings. The van der Waals surface area contributed by atoms with E-state index in [0.717, 1.165) is 0 Å². The molecule has 3 aromatic carbocycles. The van der Waals surface area contributed by atoms with Crippen LogP contribution in [0.5, 0.6) is 0 Å². The minimum Gasteiger partial charge on any atom is -0.0952 e. The molecule has 0 saturated carbocycles. The van der Waals surface area contributed by atoms with Gasteiger partial charge in [-0.3, -0.25) is 0 Å². The summed E-state index contributed by atoms with van der Waals surface area (Å²) < 4.78 is 0. The molecule has 0 bridgehead atoms. The maximum absolute atomic E-state index is 2.56. The summed E-state index contributed by atoms with van der Waals surface area (Å²) in [6.45, 7) is 0. The van der Waals surface area contributed by atoms with Gasteiger partial charge >= 0.3 is 0 Å². The van der Waals surface area contributed by atoms with Crippen molar-refractivity contribution in [2.45, 2.75) is 11.1 Å². The summed E-state index contributed by atoms with van der Waals surface area (Å²) in [6, 6.07) is 28.5. The fourth-order valence-electron chi connectivity index (χ4n) is 4.47. The quantitative estimate of drug-likeness (QED) is 0.487. The van der Waals surface area contributed by atoms with Crippen molar-refractivity contribution < 1.29 is 0 Å². The Morgan fingerprint density at radius 2 is 1.11 bits per heavy atom. The third kappa shape index (κ3) is 3.05. The molecule has 0 nitrogen and oxygen atoms in total. The fourth-order valence-corrected chi connectivity index (χ4v) is 8.02. The van der Waals surface area contributed by atoms with Crippen LogP contribution in [0.25, 0.3) is 18.2 Å². The molecule has 3 aromatic rings. The minimum absolute atomic E-state index is 0.543. The van der Waals surface area contributed by atoms with Crippen molar-refractivity contribution >= 4 is 27.0 Å². The highest BCUT2D eigenvalue weighted by Crippen LogP contribution is 2.41. The zero-order chi connectivity index (χ0) is 18.1. The highest BCUT2D eigenvalue weighted by molar-refractivity contribution is 6.69. The van der Waals surface area contributed by atoms with Crippen molar-refractivity contribution in [2.75, 3.05) is 0 Å². The molecule has 0 aromatic heterocycles. The Labute approximate surface area is 162 Å². The first-order valence-corrected chi connectivity index (χ1v) is 11.7. The lowest BCUT2D eigenvalue weighted by atomic mass is 10.1. The number of allylic oxidation sites excluding steroid dienone is 2. The van der Waals surface area contributed by atoms with Gasteiger partial charge in [0.25, 0.3) is 0 Å². The average molecular weight is 363 g/mol. The molecule has 0 amide bonds. The Bertz CT molecular complexity index is 981. The van der Waals surface area contributed by atoms with Gasteiger partial charge in [-0.05, 0) is 38.9 Å². The molecule has 2 aliphatic rings. The molecule has 2 atom stereocenters. The van der Waals surface area contributed by atoms with Gasteiger partial charge in [0.15, 0.2) is 0 Å². The van der Waals surface area contributed by atoms with Crippen LogP contribution in [0.1, 0.15) is 38.9 Å². The lowest BCUT2D eigenvalue weighted by Gasteiger charge is -2.25. The molecule has 0 heterocycles. The summed E-state index contributed by atoms with van der Waals surface area (Å²) in [7, 11) is -1.34. The van der Waals surface area contributed by atoms with Crippen molar-refractivity contribution in [3.05, 3.63) is 125 Å². The predicted octanol–water partition coefficient (Wildman–Crippen LogP) is 6.17. The van der Waals surface area contributed by atoms with Gasteiger partial charge in [0.1, 0.15) is 0 Å². The van der Waals surface area contributed by atoms with Crippen molar-refractivity contribution in [1.82, 2.24) is 0 Å². The second-order valence-electron chi connectivity index (χ2n) is 7.37. The van der Waals surface area contributed by atoms with E-state index in [0.29, 0.717) is 11.1 Å². The number of hydrogen-bond acceptors (Lipinski definition) is 0. The molecule has 27 heavy (non-hydrogen) atoms. The molecular weight excluding hydrogens is 340 g/mol. The molecule has 0 saturated heterocycles. The van der Waals surface area contributed by atoms with Crippen LogP contribution in [-0.2, 0) is 0 Å². The van der Waals surface area contributed by atoms with Crippen molar-refractivity contribution in [2.24, 2.45) is 0 Å². The second kappa shape index (κ2) is 7.01. The molecule has 0 radical (unpaired) electrons. The number of fused-ring (bicyclic) bond motifs is 2. The number of rotatable bonds is 4. The van der Waals surface area contributed by atoms with E-state index < -0.39 is 8.80 Å². The predicted molar refractivity (Wildman–Crippen MR) is 119 cm³/mol. The molecule has 1 heteroatoms. The van der Waals surface area contributed by atoms with Crippen LogP contribution in [0.15, 0.2) is 96.7 Å². The largest absolute Gasteiger partial charge is 0.0952 e. The average Bonchev–Trinajstić information content (AvgIpc) is 3.34. The standard InChI is InChI=1S/C26H22Si/c1-2-8-20(9-3-1)18-19-27(25-16-14-21-10-4-6-12-23(21)25)26-17-15-22-11-5-7-13-24(22)26/h1-19,25-27H. The van der Waals surface area contributed by atoms with Crippen LogP contribution in [0.4, 0.5) is 0 Å². The lowest BCUT2D eigenvalue weighted by molar-refractivity contribution is 1.11. The van der Waals surface area contributed by atoms with E-state index in [9.17, 15) is 0 Å². The Hall–Kier alpha value is -2.90. The van der Waals surface area contributed by atoms with E-state index in [1.807, 2.05) is 0 Å². The monoisotopic (exact) mass is 362 g/mol. The normalized spacial score (nSPS) is 20.7. The van der Waals surface area contributed by atoms with Gasteiger partial charge in [0, 0.05) is 0 Å². The van der Waals surface area contributed by atoms with E-state index in [4.69, 9.17) is 0 Å². The highest BCUT2D eigenvalue weighted by Gasteiger charge is 2.33. The maximum atomic E-state index is 2.56. The third-order valence-corrected chi connectivity index (χ3v) is 9.27. The van der Waals surface area contributed by atoms with E-state index in [-0.39, 0.29) is 0 Å². The second-order valence-corrected chi connectivity index (χ2v) is 10.4. The van der Waals surface area contributed by atoms with Crippen molar-refractivity contribution in [1.29, 1.82) is 0 Å². The molecule has 5 rings (SSSR count).